The lowest BCUT2D eigenvalue weighted by Gasteiger charge is -2.07. The van der Waals surface area contributed by atoms with Crippen LogP contribution in [-0.2, 0) is 11.2 Å². The van der Waals surface area contributed by atoms with E-state index in [1.165, 1.54) is 12.1 Å². The Morgan fingerprint density at radius 2 is 1.76 bits per heavy atom. The lowest BCUT2D eigenvalue weighted by molar-refractivity contribution is -0.121. The predicted molar refractivity (Wildman–Crippen MR) is 109 cm³/mol. The molecule has 1 heterocycles. The molecule has 0 saturated heterocycles. The summed E-state index contributed by atoms with van der Waals surface area (Å²) in [6, 6.07) is 13.5. The maximum absolute atomic E-state index is 12.0. The Balaban J connectivity index is 1.38. The third kappa shape index (κ3) is 5.83. The number of hydrogen-bond acceptors (Lipinski definition) is 5. The fourth-order valence-corrected chi connectivity index (χ4v) is 2.75. The highest BCUT2D eigenvalue weighted by molar-refractivity contribution is 6.30. The first-order valence-electron chi connectivity index (χ1n) is 9.06. The summed E-state index contributed by atoms with van der Waals surface area (Å²) < 4.78 is 5.66. The number of hydrogen-bond donors (Lipinski definition) is 3. The highest BCUT2D eigenvalue weighted by Gasteiger charge is 2.11. The van der Waals surface area contributed by atoms with Crippen LogP contribution in [0, 0.1) is 0 Å². The standard InChI is InChI=1S/C21H20ClN3O4/c22-15-7-5-14(6-8-15)18-13-25-20(29-18)10-9-19(27)23-11-12-24-21(28)16-3-1-2-4-17(16)26/h1-8,13,26H,9-12H2,(H,23,27)(H,24,28). The molecule has 7 nitrogen and oxygen atoms in total. The summed E-state index contributed by atoms with van der Waals surface area (Å²) in [7, 11) is 0. The van der Waals surface area contributed by atoms with E-state index in [4.69, 9.17) is 16.0 Å². The van der Waals surface area contributed by atoms with Crippen molar-refractivity contribution in [2.24, 2.45) is 0 Å². The van der Waals surface area contributed by atoms with Gasteiger partial charge < -0.3 is 20.2 Å². The third-order valence-corrected chi connectivity index (χ3v) is 4.38. The van der Waals surface area contributed by atoms with Crippen molar-refractivity contribution in [3.8, 4) is 17.1 Å². The van der Waals surface area contributed by atoms with Crippen LogP contribution in [0.25, 0.3) is 11.3 Å². The Labute approximate surface area is 172 Å². The van der Waals surface area contributed by atoms with Gasteiger partial charge in [0, 0.05) is 36.5 Å². The van der Waals surface area contributed by atoms with Crippen molar-refractivity contribution in [2.75, 3.05) is 13.1 Å². The first-order valence-corrected chi connectivity index (χ1v) is 9.44. The summed E-state index contributed by atoms with van der Waals surface area (Å²) >= 11 is 5.87. The van der Waals surface area contributed by atoms with E-state index in [2.05, 4.69) is 15.6 Å². The number of aromatic hydroxyl groups is 1. The lowest BCUT2D eigenvalue weighted by atomic mass is 10.2. The molecular weight excluding hydrogens is 394 g/mol. The van der Waals surface area contributed by atoms with Crippen LogP contribution >= 0.6 is 11.6 Å². The average Bonchev–Trinajstić information content (AvgIpc) is 3.19. The van der Waals surface area contributed by atoms with Gasteiger partial charge in [-0.3, -0.25) is 9.59 Å². The van der Waals surface area contributed by atoms with E-state index in [0.717, 1.165) is 5.56 Å². The van der Waals surface area contributed by atoms with Crippen molar-refractivity contribution in [1.29, 1.82) is 0 Å². The van der Waals surface area contributed by atoms with E-state index in [9.17, 15) is 14.7 Å². The van der Waals surface area contributed by atoms with Gasteiger partial charge >= 0.3 is 0 Å². The van der Waals surface area contributed by atoms with E-state index in [1.54, 1.807) is 30.5 Å². The van der Waals surface area contributed by atoms with Crippen LogP contribution < -0.4 is 10.6 Å². The zero-order valence-electron chi connectivity index (χ0n) is 15.5. The Hall–Kier alpha value is -3.32. The SMILES string of the molecule is O=C(CCc1ncc(-c2ccc(Cl)cc2)o1)NCCNC(=O)c1ccccc1O. The van der Waals surface area contributed by atoms with Gasteiger partial charge in [0.2, 0.25) is 5.91 Å². The number of carbonyl (C=O) groups is 2. The molecule has 0 bridgehead atoms. The van der Waals surface area contributed by atoms with Crippen molar-refractivity contribution in [1.82, 2.24) is 15.6 Å². The number of benzene rings is 2. The van der Waals surface area contributed by atoms with E-state index in [1.807, 2.05) is 12.1 Å². The molecule has 0 atom stereocenters. The fourth-order valence-electron chi connectivity index (χ4n) is 2.62. The van der Waals surface area contributed by atoms with Gasteiger partial charge in [0.1, 0.15) is 5.75 Å². The molecule has 0 fully saturated rings. The summed E-state index contributed by atoms with van der Waals surface area (Å²) in [6.45, 7) is 0.526. The van der Waals surface area contributed by atoms with Crippen LogP contribution in [-0.4, -0.2) is 35.0 Å². The van der Waals surface area contributed by atoms with Crippen molar-refractivity contribution < 1.29 is 19.1 Å². The fraction of sp³-hybridized carbons (Fsp3) is 0.190. The first-order chi connectivity index (χ1) is 14.0. The van der Waals surface area contributed by atoms with Gasteiger partial charge in [0.25, 0.3) is 5.91 Å². The van der Waals surface area contributed by atoms with Crippen molar-refractivity contribution in [2.45, 2.75) is 12.8 Å². The number of nitrogens with one attached hydrogen (secondary N) is 2. The molecule has 0 aliphatic heterocycles. The molecule has 0 spiro atoms. The molecule has 0 unspecified atom stereocenters. The molecule has 150 valence electrons. The van der Waals surface area contributed by atoms with Gasteiger partial charge in [-0.05, 0) is 36.4 Å². The van der Waals surface area contributed by atoms with Crippen LogP contribution in [0.15, 0.2) is 59.1 Å². The highest BCUT2D eigenvalue weighted by Crippen LogP contribution is 2.22. The average molecular weight is 414 g/mol. The minimum Gasteiger partial charge on any atom is -0.507 e. The number of para-hydroxylation sites is 1. The van der Waals surface area contributed by atoms with Gasteiger partial charge in [0.05, 0.1) is 11.8 Å². The number of oxazole rings is 1. The normalized spacial score (nSPS) is 10.5. The predicted octanol–water partition coefficient (Wildman–Crippen LogP) is 3.18. The Kier molecular flexibility index (Phi) is 6.86. The number of amides is 2. The van der Waals surface area contributed by atoms with E-state index >= 15 is 0 Å². The third-order valence-electron chi connectivity index (χ3n) is 4.13. The largest absolute Gasteiger partial charge is 0.507 e. The summed E-state index contributed by atoms with van der Waals surface area (Å²) in [4.78, 5) is 28.1. The van der Waals surface area contributed by atoms with Crippen LogP contribution in [0.5, 0.6) is 5.75 Å². The molecule has 3 rings (SSSR count). The quantitative estimate of drug-likeness (QED) is 0.492. The summed E-state index contributed by atoms with van der Waals surface area (Å²) in [5.41, 5.74) is 1.05. The van der Waals surface area contributed by atoms with Crippen molar-refractivity contribution in [3.63, 3.8) is 0 Å². The van der Waals surface area contributed by atoms with Crippen LogP contribution in [0.2, 0.25) is 5.02 Å². The summed E-state index contributed by atoms with van der Waals surface area (Å²) in [5, 5.41) is 15.6. The Morgan fingerprint density at radius 3 is 2.52 bits per heavy atom. The maximum atomic E-state index is 12.0. The van der Waals surface area contributed by atoms with Crippen LogP contribution in [0.4, 0.5) is 0 Å². The second-order valence-electron chi connectivity index (χ2n) is 6.25. The van der Waals surface area contributed by atoms with Gasteiger partial charge in [0.15, 0.2) is 11.7 Å². The number of rotatable bonds is 8. The lowest BCUT2D eigenvalue weighted by Crippen LogP contribution is -2.34. The van der Waals surface area contributed by atoms with Crippen LogP contribution in [0.3, 0.4) is 0 Å². The molecule has 29 heavy (non-hydrogen) atoms. The monoisotopic (exact) mass is 413 g/mol. The van der Waals surface area contributed by atoms with E-state index < -0.39 is 5.91 Å². The molecule has 0 saturated carbocycles. The topological polar surface area (TPSA) is 104 Å². The van der Waals surface area contributed by atoms with E-state index in [-0.39, 0.29) is 36.7 Å². The van der Waals surface area contributed by atoms with Crippen molar-refractivity contribution >= 4 is 23.4 Å². The molecule has 0 aliphatic rings. The van der Waals surface area contributed by atoms with Gasteiger partial charge in [-0.1, -0.05) is 23.7 Å². The number of nitrogens with zero attached hydrogens (tertiary/aromatic N) is 1. The zero-order valence-corrected chi connectivity index (χ0v) is 16.3. The number of phenolic OH excluding ortho intramolecular Hbond substituents is 1. The molecule has 0 aliphatic carbocycles. The van der Waals surface area contributed by atoms with Crippen molar-refractivity contribution in [3.05, 3.63) is 71.2 Å². The number of halogens is 1. The Bertz CT molecular complexity index is 986. The van der Waals surface area contributed by atoms with E-state index in [0.29, 0.717) is 23.1 Å². The first kappa shape index (κ1) is 20.4. The van der Waals surface area contributed by atoms with Gasteiger partial charge in [-0.2, -0.15) is 0 Å². The van der Waals surface area contributed by atoms with Gasteiger partial charge in [-0.15, -0.1) is 0 Å². The number of aryl methyl sites for hydroxylation is 1. The zero-order chi connectivity index (χ0) is 20.6. The number of phenols is 1. The summed E-state index contributed by atoms with van der Waals surface area (Å²) in [5.74, 6) is 0.430. The molecule has 3 N–H and O–H groups in total. The second-order valence-corrected chi connectivity index (χ2v) is 6.68. The second kappa shape index (κ2) is 9.75. The highest BCUT2D eigenvalue weighted by atomic mass is 35.5. The number of carbonyl (C=O) groups excluding carboxylic acids is 2. The molecule has 2 aromatic carbocycles. The smallest absolute Gasteiger partial charge is 0.255 e. The molecular formula is C21H20ClN3O4. The molecule has 2 amide bonds. The molecule has 1 aromatic heterocycles. The minimum absolute atomic E-state index is 0.0852. The van der Waals surface area contributed by atoms with Crippen LogP contribution in [0.1, 0.15) is 22.7 Å². The maximum Gasteiger partial charge on any atom is 0.255 e. The molecule has 3 aromatic rings. The number of aromatic nitrogens is 1. The molecule has 8 heteroatoms. The molecule has 0 radical (unpaired) electrons. The van der Waals surface area contributed by atoms with Gasteiger partial charge in [-0.25, -0.2) is 4.98 Å². The minimum atomic E-state index is -0.396. The Morgan fingerprint density at radius 1 is 1.03 bits per heavy atom. The summed E-state index contributed by atoms with van der Waals surface area (Å²) in [6.07, 6.45) is 2.20.